The minimum absolute atomic E-state index is 0.0944. The lowest BCUT2D eigenvalue weighted by Crippen LogP contribution is -2.08. The zero-order chi connectivity index (χ0) is 35.2. The molecule has 0 bridgehead atoms. The highest BCUT2D eigenvalue weighted by molar-refractivity contribution is 5.95. The Bertz CT molecular complexity index is 888. The summed E-state index contributed by atoms with van der Waals surface area (Å²) in [5.41, 5.74) is 7.00. The summed E-state index contributed by atoms with van der Waals surface area (Å²) >= 11 is 0. The van der Waals surface area contributed by atoms with Crippen LogP contribution < -0.4 is 5.32 Å². The molecule has 2 nitrogen and oxygen atoms in total. The molecule has 0 aliphatic rings. The van der Waals surface area contributed by atoms with Crippen LogP contribution in [0.4, 0.5) is 0 Å². The van der Waals surface area contributed by atoms with Crippen molar-refractivity contribution < 1.29 is 4.79 Å². The van der Waals surface area contributed by atoms with Gasteiger partial charge in [0.1, 0.15) is 0 Å². The number of hydrogen-bond acceptors (Lipinski definition) is 2. The van der Waals surface area contributed by atoms with Crippen LogP contribution in [-0.2, 0) is 4.79 Å². The van der Waals surface area contributed by atoms with E-state index in [2.05, 4.69) is 138 Å². The van der Waals surface area contributed by atoms with E-state index >= 15 is 0 Å². The van der Waals surface area contributed by atoms with Gasteiger partial charge in [-0.2, -0.15) is 0 Å². The maximum absolute atomic E-state index is 11.5. The van der Waals surface area contributed by atoms with Crippen LogP contribution in [-0.4, -0.2) is 19.4 Å². The van der Waals surface area contributed by atoms with Crippen molar-refractivity contribution in [3.8, 4) is 12.8 Å². The molecule has 248 valence electrons. The highest BCUT2D eigenvalue weighted by Gasteiger charge is 2.13. The summed E-state index contributed by atoms with van der Waals surface area (Å²) in [6, 6.07) is 0. The molecular formula is C41H73NO. The molecule has 0 saturated carbocycles. The monoisotopic (exact) mass is 596 g/mol. The van der Waals surface area contributed by atoms with E-state index in [0.29, 0.717) is 16.7 Å². The topological polar surface area (TPSA) is 29.1 Å². The Hall–Kier alpha value is -2.63. The Labute approximate surface area is 271 Å². The minimum atomic E-state index is 0.0944. The first-order valence-corrected chi connectivity index (χ1v) is 16.0. The van der Waals surface area contributed by atoms with Crippen molar-refractivity contribution in [2.24, 2.45) is 16.7 Å². The van der Waals surface area contributed by atoms with Crippen molar-refractivity contribution in [2.75, 3.05) is 13.6 Å². The van der Waals surface area contributed by atoms with E-state index < -0.39 is 0 Å². The second-order valence-corrected chi connectivity index (χ2v) is 12.8. The molecular weight excluding hydrogens is 522 g/mol. The van der Waals surface area contributed by atoms with E-state index in [1.165, 1.54) is 22.3 Å². The molecule has 0 radical (unpaired) electrons. The van der Waals surface area contributed by atoms with Crippen LogP contribution in [0.15, 0.2) is 84.1 Å². The molecule has 0 spiro atoms. The van der Waals surface area contributed by atoms with Gasteiger partial charge in [-0.15, -0.1) is 26.0 Å². The summed E-state index contributed by atoms with van der Waals surface area (Å²) in [6.07, 6.45) is 26.2. The van der Waals surface area contributed by atoms with Gasteiger partial charge in [-0.3, -0.25) is 4.79 Å². The predicted molar refractivity (Wildman–Crippen MR) is 202 cm³/mol. The number of ketones is 1. The average molecular weight is 596 g/mol. The molecule has 0 rings (SSSR count). The van der Waals surface area contributed by atoms with Gasteiger partial charge in [0.25, 0.3) is 0 Å². The van der Waals surface area contributed by atoms with E-state index in [4.69, 9.17) is 0 Å². The SMILES string of the molecule is C#C.C/C=C(\C=C(/C)CNC)CC.C=C.C=C/C(=C\CC(C)CC(=C/CC(C)(C)C)/C(C)=C\CC(C)(C)C)C(C)=O.CC. The van der Waals surface area contributed by atoms with Crippen molar-refractivity contribution in [1.29, 1.82) is 0 Å². The van der Waals surface area contributed by atoms with Gasteiger partial charge in [-0.25, -0.2) is 0 Å². The molecule has 0 aliphatic carbocycles. The van der Waals surface area contributed by atoms with Gasteiger partial charge in [0.2, 0.25) is 0 Å². The van der Waals surface area contributed by atoms with Gasteiger partial charge < -0.3 is 5.32 Å². The molecule has 1 unspecified atom stereocenters. The number of nitrogens with one attached hydrogen (secondary N) is 1. The fourth-order valence-electron chi connectivity index (χ4n) is 3.62. The van der Waals surface area contributed by atoms with Gasteiger partial charge in [0.15, 0.2) is 5.78 Å². The van der Waals surface area contributed by atoms with Crippen LogP contribution in [0.5, 0.6) is 0 Å². The number of rotatable bonds is 13. The molecule has 2 heteroatoms. The second kappa shape index (κ2) is 30.8. The molecule has 0 aliphatic heterocycles. The van der Waals surface area contributed by atoms with Crippen molar-refractivity contribution in [2.45, 2.75) is 129 Å². The smallest absolute Gasteiger partial charge is 0.159 e. The molecule has 0 heterocycles. The van der Waals surface area contributed by atoms with Crippen molar-refractivity contribution in [3.63, 3.8) is 0 Å². The van der Waals surface area contributed by atoms with E-state index in [1.54, 1.807) is 13.0 Å². The Morgan fingerprint density at radius 1 is 0.907 bits per heavy atom. The highest BCUT2D eigenvalue weighted by atomic mass is 16.1. The third-order valence-corrected chi connectivity index (χ3v) is 6.09. The summed E-state index contributed by atoms with van der Waals surface area (Å²) < 4.78 is 0. The molecule has 0 saturated heterocycles. The summed E-state index contributed by atoms with van der Waals surface area (Å²) in [7, 11) is 1.97. The van der Waals surface area contributed by atoms with Gasteiger partial charge in [-0.1, -0.05) is 129 Å². The van der Waals surface area contributed by atoms with Crippen molar-refractivity contribution >= 4 is 5.78 Å². The number of terminal acetylenes is 1. The third-order valence-electron chi connectivity index (χ3n) is 6.09. The first-order valence-electron chi connectivity index (χ1n) is 16.0. The van der Waals surface area contributed by atoms with Gasteiger partial charge >= 0.3 is 0 Å². The summed E-state index contributed by atoms with van der Waals surface area (Å²) in [5.74, 6) is 0.588. The van der Waals surface area contributed by atoms with Gasteiger partial charge in [-0.05, 0) is 89.2 Å². The molecule has 0 amide bonds. The minimum Gasteiger partial charge on any atom is -0.316 e. The number of likely N-dealkylation sites (N-methyl/N-ethyl adjacent to an activating group) is 1. The Morgan fingerprint density at radius 3 is 1.72 bits per heavy atom. The van der Waals surface area contributed by atoms with E-state index in [1.807, 2.05) is 27.0 Å². The predicted octanol–water partition coefficient (Wildman–Crippen LogP) is 12.4. The van der Waals surface area contributed by atoms with Crippen LogP contribution in [0.25, 0.3) is 0 Å². The second-order valence-electron chi connectivity index (χ2n) is 12.8. The average Bonchev–Trinajstić information content (AvgIpc) is 2.95. The number of allylic oxidation sites excluding steroid dienone is 10. The first kappa shape index (κ1) is 50.0. The summed E-state index contributed by atoms with van der Waals surface area (Å²) in [6.45, 7) is 40.9. The van der Waals surface area contributed by atoms with E-state index in [-0.39, 0.29) is 5.78 Å². The fraction of sp³-hybridized carbons (Fsp3) is 0.585. The quantitative estimate of drug-likeness (QED) is 0.0993. The van der Waals surface area contributed by atoms with Crippen LogP contribution in [0.3, 0.4) is 0 Å². The summed E-state index contributed by atoms with van der Waals surface area (Å²) in [5, 5.41) is 3.13. The normalized spacial score (nSPS) is 13.4. The standard InChI is InChI=1S/C25H42O.C10H19N.C2H6.C2H4.C2H2/c1-11-22(21(4)26)13-12-19(2)18-23(15-17-25(8,9)10)20(3)14-16-24(5,6)7;1-5-10(6-2)7-9(3)8-11-4;3*1-2/h11,13-15,19H,1,12,16-18H2,2-10H3;5,7,11H,6,8H2,1-4H3;1-2H3;1-2H2;1-2H/b20-14-,22-13+,23-15-;9-7+,10-5-;;;. The molecule has 0 aromatic carbocycles. The Morgan fingerprint density at radius 2 is 1.37 bits per heavy atom. The third kappa shape index (κ3) is 35.5. The zero-order valence-corrected chi connectivity index (χ0v) is 31.5. The maximum atomic E-state index is 11.5. The molecule has 1 atom stereocenters. The van der Waals surface area contributed by atoms with E-state index in [0.717, 1.165) is 44.2 Å². The Balaban J connectivity index is -0.000000235. The number of carbonyl (C=O) groups excluding carboxylic acids is 1. The maximum Gasteiger partial charge on any atom is 0.159 e. The first-order chi connectivity index (χ1) is 20.0. The van der Waals surface area contributed by atoms with Crippen LogP contribution >= 0.6 is 0 Å². The highest BCUT2D eigenvalue weighted by Crippen LogP contribution is 2.29. The van der Waals surface area contributed by atoms with Gasteiger partial charge in [0.05, 0.1) is 0 Å². The van der Waals surface area contributed by atoms with E-state index in [9.17, 15) is 4.79 Å². The lowest BCUT2D eigenvalue weighted by Gasteiger charge is -2.20. The van der Waals surface area contributed by atoms with Gasteiger partial charge in [0, 0.05) is 12.1 Å². The molecule has 0 fully saturated rings. The van der Waals surface area contributed by atoms with Crippen LogP contribution in [0.2, 0.25) is 0 Å². The number of Topliss-reactive ketones (excluding diaryl/α,β-unsaturated/α-hetero) is 1. The largest absolute Gasteiger partial charge is 0.316 e. The number of hydrogen-bond donors (Lipinski definition) is 1. The lowest BCUT2D eigenvalue weighted by molar-refractivity contribution is -0.113. The van der Waals surface area contributed by atoms with Crippen LogP contribution in [0.1, 0.15) is 129 Å². The lowest BCUT2D eigenvalue weighted by atomic mass is 9.85. The Kier molecular flexibility index (Phi) is 35.8. The van der Waals surface area contributed by atoms with Crippen LogP contribution in [0, 0.1) is 29.6 Å². The summed E-state index contributed by atoms with van der Waals surface area (Å²) in [4.78, 5) is 11.5. The van der Waals surface area contributed by atoms with Crippen molar-refractivity contribution in [3.05, 3.63) is 84.1 Å². The molecule has 0 aromatic rings. The molecule has 1 N–H and O–H groups in total. The fourth-order valence-corrected chi connectivity index (χ4v) is 3.62. The molecule has 0 aromatic heterocycles. The number of carbonyl (C=O) groups is 1. The van der Waals surface area contributed by atoms with Crippen molar-refractivity contribution in [1.82, 2.24) is 5.32 Å². The zero-order valence-electron chi connectivity index (χ0n) is 31.5. The molecule has 43 heavy (non-hydrogen) atoms.